The number of rotatable bonds is 6. The van der Waals surface area contributed by atoms with Gasteiger partial charge in [0, 0.05) is 31.6 Å². The highest BCUT2D eigenvalue weighted by atomic mass is 32.1. The van der Waals surface area contributed by atoms with Crippen molar-refractivity contribution in [1.29, 1.82) is 0 Å². The average Bonchev–Trinajstić information content (AvgIpc) is 2.96. The van der Waals surface area contributed by atoms with E-state index >= 15 is 0 Å². The lowest BCUT2D eigenvalue weighted by Crippen LogP contribution is -2.27. The van der Waals surface area contributed by atoms with Gasteiger partial charge in [0.25, 0.3) is 0 Å². The summed E-state index contributed by atoms with van der Waals surface area (Å²) < 4.78 is 0. The first-order valence-corrected chi connectivity index (χ1v) is 8.36. The minimum atomic E-state index is 0.495. The smallest absolute Gasteiger partial charge is 0.185 e. The predicted octanol–water partition coefficient (Wildman–Crippen LogP) is 2.37. The zero-order valence-corrected chi connectivity index (χ0v) is 14.3. The van der Waals surface area contributed by atoms with Crippen LogP contribution in [0.1, 0.15) is 36.8 Å². The second kappa shape index (κ2) is 6.87. The molecule has 1 fully saturated rings. The van der Waals surface area contributed by atoms with E-state index in [0.717, 1.165) is 19.0 Å². The summed E-state index contributed by atoms with van der Waals surface area (Å²) in [5, 5.41) is 4.43. The quantitative estimate of drug-likeness (QED) is 0.873. The van der Waals surface area contributed by atoms with Crippen LogP contribution in [0.5, 0.6) is 0 Å². The molecule has 0 aliphatic carbocycles. The lowest BCUT2D eigenvalue weighted by molar-refractivity contribution is 0.396. The zero-order valence-electron chi connectivity index (χ0n) is 13.4. The molecule has 2 heterocycles. The third-order valence-corrected chi connectivity index (χ3v) is 5.13. The number of aromatic nitrogens is 1. The number of likely N-dealkylation sites (tertiary alicyclic amines) is 1. The highest BCUT2D eigenvalue weighted by Crippen LogP contribution is 2.31. The summed E-state index contributed by atoms with van der Waals surface area (Å²) >= 11 is 1.84. The molecule has 1 unspecified atom stereocenters. The summed E-state index contributed by atoms with van der Waals surface area (Å²) in [6.45, 7) is 8.95. The normalized spacial score (nSPS) is 20.0. The maximum Gasteiger partial charge on any atom is 0.185 e. The summed E-state index contributed by atoms with van der Waals surface area (Å²) in [4.78, 5) is 11.0. The fourth-order valence-corrected chi connectivity index (χ4v) is 4.09. The molecule has 0 aromatic carbocycles. The van der Waals surface area contributed by atoms with Gasteiger partial charge in [0.05, 0.1) is 5.69 Å². The fourth-order valence-electron chi connectivity index (χ4n) is 2.89. The Balaban J connectivity index is 2.05. The molecule has 1 N–H and O–H groups in total. The Bertz CT molecular complexity index is 430. The lowest BCUT2D eigenvalue weighted by Gasteiger charge is -2.20. The highest BCUT2D eigenvalue weighted by Gasteiger charge is 2.23. The third kappa shape index (κ3) is 3.71. The summed E-state index contributed by atoms with van der Waals surface area (Å²) in [6.07, 6.45) is 1.31. The van der Waals surface area contributed by atoms with Gasteiger partial charge in [-0.25, -0.2) is 4.98 Å². The Kier molecular flexibility index (Phi) is 5.41. The number of hydrogen-bond acceptors (Lipinski definition) is 5. The molecule has 0 saturated carbocycles. The molecular formula is C15H28N4S. The maximum atomic E-state index is 4.88. The summed E-state index contributed by atoms with van der Waals surface area (Å²) in [5.74, 6) is 1.28. The van der Waals surface area contributed by atoms with Gasteiger partial charge in [-0.2, -0.15) is 0 Å². The first kappa shape index (κ1) is 15.7. The molecule has 0 radical (unpaired) electrons. The van der Waals surface area contributed by atoms with E-state index in [2.05, 4.69) is 43.1 Å². The molecule has 114 valence electrons. The van der Waals surface area contributed by atoms with Crippen molar-refractivity contribution >= 4 is 16.5 Å². The van der Waals surface area contributed by atoms with E-state index in [-0.39, 0.29) is 0 Å². The van der Waals surface area contributed by atoms with Crippen molar-refractivity contribution in [3.8, 4) is 0 Å². The van der Waals surface area contributed by atoms with Crippen molar-refractivity contribution in [3.63, 3.8) is 0 Å². The van der Waals surface area contributed by atoms with Gasteiger partial charge in [0.15, 0.2) is 5.13 Å². The number of hydrogen-bond donors (Lipinski definition) is 1. The van der Waals surface area contributed by atoms with E-state index < -0.39 is 0 Å². The van der Waals surface area contributed by atoms with Gasteiger partial charge in [0.2, 0.25) is 0 Å². The fraction of sp³-hybridized carbons (Fsp3) is 0.800. The van der Waals surface area contributed by atoms with Crippen LogP contribution in [-0.4, -0.2) is 50.7 Å². The monoisotopic (exact) mass is 296 g/mol. The Hall–Kier alpha value is -0.650. The van der Waals surface area contributed by atoms with E-state index in [9.17, 15) is 0 Å². The third-order valence-electron chi connectivity index (χ3n) is 3.95. The van der Waals surface area contributed by atoms with Gasteiger partial charge in [-0.3, -0.25) is 0 Å². The first-order valence-electron chi connectivity index (χ1n) is 7.55. The zero-order chi connectivity index (χ0) is 14.7. The molecule has 20 heavy (non-hydrogen) atoms. The van der Waals surface area contributed by atoms with Crippen LogP contribution in [0.25, 0.3) is 0 Å². The molecule has 1 saturated heterocycles. The van der Waals surface area contributed by atoms with Crippen molar-refractivity contribution in [1.82, 2.24) is 15.2 Å². The number of anilines is 1. The van der Waals surface area contributed by atoms with Gasteiger partial charge < -0.3 is 15.1 Å². The molecule has 0 bridgehead atoms. The van der Waals surface area contributed by atoms with E-state index in [1.807, 2.05) is 18.4 Å². The standard InChI is InChI=1S/C15H28N4S/c1-11(2)14-13(8-16-3)20-15(17-14)19(5)10-12-6-7-18(4)9-12/h11-12,16H,6-10H2,1-5H3. The molecule has 4 nitrogen and oxygen atoms in total. The van der Waals surface area contributed by atoms with Crippen molar-refractivity contribution in [3.05, 3.63) is 10.6 Å². The van der Waals surface area contributed by atoms with Crippen molar-refractivity contribution < 1.29 is 0 Å². The topological polar surface area (TPSA) is 31.4 Å². The Morgan fingerprint density at radius 1 is 1.50 bits per heavy atom. The average molecular weight is 296 g/mol. The van der Waals surface area contributed by atoms with Crippen LogP contribution in [0, 0.1) is 5.92 Å². The molecule has 0 amide bonds. The summed E-state index contributed by atoms with van der Waals surface area (Å²) in [6, 6.07) is 0. The minimum Gasteiger partial charge on any atom is -0.351 e. The SMILES string of the molecule is CNCc1sc(N(C)CC2CCN(C)C2)nc1C(C)C. The second-order valence-electron chi connectivity index (χ2n) is 6.29. The maximum absolute atomic E-state index is 4.88. The molecule has 5 heteroatoms. The van der Waals surface area contributed by atoms with Crippen molar-refractivity contribution in [2.24, 2.45) is 5.92 Å². The molecule has 1 aliphatic heterocycles. The second-order valence-corrected chi connectivity index (χ2v) is 7.35. The van der Waals surface area contributed by atoms with E-state index in [4.69, 9.17) is 4.98 Å². The van der Waals surface area contributed by atoms with Crippen molar-refractivity contribution in [2.45, 2.75) is 32.7 Å². The minimum absolute atomic E-state index is 0.495. The van der Waals surface area contributed by atoms with Gasteiger partial charge in [-0.15, -0.1) is 11.3 Å². The number of nitrogens with zero attached hydrogens (tertiary/aromatic N) is 3. The van der Waals surface area contributed by atoms with Crippen LogP contribution in [-0.2, 0) is 6.54 Å². The van der Waals surface area contributed by atoms with Crippen LogP contribution in [0.15, 0.2) is 0 Å². The summed E-state index contributed by atoms with van der Waals surface area (Å²) in [7, 11) is 6.40. The molecule has 1 atom stereocenters. The van der Waals surface area contributed by atoms with Crippen LogP contribution >= 0.6 is 11.3 Å². The Morgan fingerprint density at radius 3 is 2.80 bits per heavy atom. The van der Waals surface area contributed by atoms with Gasteiger partial charge in [-0.05, 0) is 38.9 Å². The van der Waals surface area contributed by atoms with Gasteiger partial charge in [0.1, 0.15) is 0 Å². The Labute approximate surface area is 127 Å². The molecule has 0 spiro atoms. The van der Waals surface area contributed by atoms with Gasteiger partial charge in [-0.1, -0.05) is 13.8 Å². The molecular weight excluding hydrogens is 268 g/mol. The molecule has 1 aliphatic rings. The molecule has 1 aromatic heterocycles. The number of thiazole rings is 1. The Morgan fingerprint density at radius 2 is 2.25 bits per heavy atom. The van der Waals surface area contributed by atoms with E-state index in [1.54, 1.807) is 0 Å². The van der Waals surface area contributed by atoms with Crippen molar-refractivity contribution in [2.75, 3.05) is 45.7 Å². The van der Waals surface area contributed by atoms with E-state index in [0.29, 0.717) is 5.92 Å². The largest absolute Gasteiger partial charge is 0.351 e. The first-order chi connectivity index (χ1) is 9.51. The predicted molar refractivity (Wildman–Crippen MR) is 87.8 cm³/mol. The number of nitrogens with one attached hydrogen (secondary N) is 1. The van der Waals surface area contributed by atoms with Crippen LogP contribution in [0.3, 0.4) is 0 Å². The lowest BCUT2D eigenvalue weighted by atomic mass is 10.1. The van der Waals surface area contributed by atoms with E-state index in [1.165, 1.54) is 35.2 Å². The van der Waals surface area contributed by atoms with Crippen LogP contribution in [0.2, 0.25) is 0 Å². The van der Waals surface area contributed by atoms with Crippen LogP contribution < -0.4 is 10.2 Å². The van der Waals surface area contributed by atoms with Crippen LogP contribution in [0.4, 0.5) is 5.13 Å². The molecule has 1 aromatic rings. The highest BCUT2D eigenvalue weighted by molar-refractivity contribution is 7.15. The van der Waals surface area contributed by atoms with Gasteiger partial charge >= 0.3 is 0 Å². The molecule has 2 rings (SSSR count). The summed E-state index contributed by atoms with van der Waals surface area (Å²) in [5.41, 5.74) is 1.26.